The maximum Gasteiger partial charge on any atom is 0.308 e. The zero-order chi connectivity index (χ0) is 10.5. The van der Waals surface area contributed by atoms with Gasteiger partial charge in [0.2, 0.25) is 0 Å². The van der Waals surface area contributed by atoms with Gasteiger partial charge in [0.05, 0.1) is 13.0 Å². The second kappa shape index (κ2) is 4.97. The molecule has 0 rings (SSSR count). The zero-order valence-corrected chi connectivity index (χ0v) is 8.49. The van der Waals surface area contributed by atoms with E-state index in [0.717, 1.165) is 0 Å². The molecule has 0 N–H and O–H groups in total. The van der Waals surface area contributed by atoms with Crippen LogP contribution in [0.5, 0.6) is 0 Å². The minimum atomic E-state index is -0.895. The molecule has 76 valence electrons. The van der Waals surface area contributed by atoms with Gasteiger partial charge in [0.1, 0.15) is 5.60 Å². The van der Waals surface area contributed by atoms with Crippen LogP contribution < -0.4 is 0 Å². The summed E-state index contributed by atoms with van der Waals surface area (Å²) in [6.45, 7) is 3.34. The van der Waals surface area contributed by atoms with E-state index < -0.39 is 5.60 Å². The lowest BCUT2D eigenvalue weighted by Gasteiger charge is -2.23. The fraction of sp³-hybridized carbons (Fsp3) is 0.778. The molecular formula is C9H16O4. The number of rotatable bonds is 5. The van der Waals surface area contributed by atoms with Gasteiger partial charge in [0.25, 0.3) is 0 Å². The molecule has 0 aromatic rings. The maximum atomic E-state index is 11.0. The van der Waals surface area contributed by atoms with Crippen LogP contribution in [0.3, 0.4) is 0 Å². The van der Waals surface area contributed by atoms with Crippen molar-refractivity contribution >= 4 is 12.3 Å². The molecule has 0 aliphatic carbocycles. The molecule has 0 aromatic heterocycles. The van der Waals surface area contributed by atoms with E-state index in [1.807, 2.05) is 0 Å². The van der Waals surface area contributed by atoms with Crippen molar-refractivity contribution in [2.45, 2.75) is 25.9 Å². The second-order valence-electron chi connectivity index (χ2n) is 3.26. The lowest BCUT2D eigenvalue weighted by molar-refractivity contribution is -0.148. The van der Waals surface area contributed by atoms with Crippen molar-refractivity contribution in [1.29, 1.82) is 0 Å². The van der Waals surface area contributed by atoms with Crippen molar-refractivity contribution in [3.63, 3.8) is 0 Å². The van der Waals surface area contributed by atoms with Gasteiger partial charge >= 0.3 is 5.97 Å². The molecular weight excluding hydrogens is 172 g/mol. The predicted molar refractivity (Wildman–Crippen MR) is 47.3 cm³/mol. The maximum absolute atomic E-state index is 11.0. The molecule has 0 aliphatic rings. The Morgan fingerprint density at radius 2 is 2.08 bits per heavy atom. The summed E-state index contributed by atoms with van der Waals surface area (Å²) >= 11 is 0. The Bertz CT molecular complexity index is 190. The number of hydrogen-bond donors (Lipinski definition) is 0. The van der Waals surface area contributed by atoms with Crippen molar-refractivity contribution in [3.05, 3.63) is 0 Å². The summed E-state index contributed by atoms with van der Waals surface area (Å²) in [5.41, 5.74) is -0.895. The van der Waals surface area contributed by atoms with Gasteiger partial charge < -0.3 is 14.3 Å². The molecule has 0 fully saturated rings. The fourth-order valence-corrected chi connectivity index (χ4v) is 1.07. The highest BCUT2D eigenvalue weighted by Crippen LogP contribution is 2.18. The molecule has 0 saturated carbocycles. The van der Waals surface area contributed by atoms with Gasteiger partial charge in [-0.25, -0.2) is 0 Å². The molecule has 4 heteroatoms. The lowest BCUT2D eigenvalue weighted by atomic mass is 9.94. The Kier molecular flexibility index (Phi) is 4.62. The highest BCUT2D eigenvalue weighted by Gasteiger charge is 2.29. The average Bonchev–Trinajstić information content (AvgIpc) is 2.16. The first-order valence-corrected chi connectivity index (χ1v) is 4.08. The number of carbonyl (C=O) groups excluding carboxylic acids is 2. The summed E-state index contributed by atoms with van der Waals surface area (Å²) in [6, 6.07) is 0. The first-order valence-electron chi connectivity index (χ1n) is 4.08. The van der Waals surface area contributed by atoms with E-state index in [1.54, 1.807) is 13.8 Å². The minimum absolute atomic E-state index is 0.329. The molecule has 0 amide bonds. The average molecular weight is 188 g/mol. The van der Waals surface area contributed by atoms with Gasteiger partial charge in [-0.3, -0.25) is 4.79 Å². The van der Waals surface area contributed by atoms with Crippen molar-refractivity contribution in [2.24, 2.45) is 5.92 Å². The Balaban J connectivity index is 4.24. The molecule has 0 aromatic carbocycles. The molecule has 0 heterocycles. The summed E-state index contributed by atoms with van der Waals surface area (Å²) in [5.74, 6) is -0.662. The van der Waals surface area contributed by atoms with E-state index in [4.69, 9.17) is 4.74 Å². The summed E-state index contributed by atoms with van der Waals surface area (Å²) in [6.07, 6.45) is 1.03. The van der Waals surface area contributed by atoms with Crippen molar-refractivity contribution in [2.75, 3.05) is 14.2 Å². The van der Waals surface area contributed by atoms with Crippen LogP contribution in [0.4, 0.5) is 0 Å². The Labute approximate surface area is 78.2 Å². The van der Waals surface area contributed by atoms with Crippen molar-refractivity contribution < 1.29 is 19.1 Å². The van der Waals surface area contributed by atoms with Gasteiger partial charge in [-0.15, -0.1) is 0 Å². The third-order valence-electron chi connectivity index (χ3n) is 2.03. The van der Waals surface area contributed by atoms with Crippen LogP contribution in [0, 0.1) is 5.92 Å². The van der Waals surface area contributed by atoms with E-state index in [1.165, 1.54) is 14.2 Å². The first kappa shape index (κ1) is 12.1. The molecule has 0 radical (unpaired) electrons. The van der Waals surface area contributed by atoms with Gasteiger partial charge in [-0.05, 0) is 13.3 Å². The summed E-state index contributed by atoms with van der Waals surface area (Å²) in [4.78, 5) is 21.7. The Hall–Kier alpha value is -0.900. The molecule has 0 aliphatic heterocycles. The largest absolute Gasteiger partial charge is 0.469 e. The van der Waals surface area contributed by atoms with E-state index in [-0.39, 0.29) is 11.9 Å². The molecule has 0 unspecified atom stereocenters. The van der Waals surface area contributed by atoms with Crippen LogP contribution in [0.1, 0.15) is 20.3 Å². The number of esters is 1. The lowest BCUT2D eigenvalue weighted by Crippen LogP contribution is -2.33. The number of carbonyl (C=O) groups is 2. The minimum Gasteiger partial charge on any atom is -0.469 e. The van der Waals surface area contributed by atoms with Crippen LogP contribution in [-0.2, 0) is 19.1 Å². The second-order valence-corrected chi connectivity index (χ2v) is 3.26. The number of ether oxygens (including phenoxy) is 2. The molecule has 0 spiro atoms. The van der Waals surface area contributed by atoms with Crippen LogP contribution >= 0.6 is 0 Å². The number of aldehydes is 1. The smallest absolute Gasteiger partial charge is 0.308 e. The van der Waals surface area contributed by atoms with Gasteiger partial charge in [0.15, 0.2) is 6.29 Å². The predicted octanol–water partition coefficient (Wildman–Crippen LogP) is 0.790. The molecule has 13 heavy (non-hydrogen) atoms. The van der Waals surface area contributed by atoms with Crippen LogP contribution in [0.2, 0.25) is 0 Å². The zero-order valence-electron chi connectivity index (χ0n) is 8.49. The molecule has 0 saturated heterocycles. The quantitative estimate of drug-likeness (QED) is 0.473. The van der Waals surface area contributed by atoms with Gasteiger partial charge in [0, 0.05) is 7.11 Å². The molecule has 0 bridgehead atoms. The van der Waals surface area contributed by atoms with Crippen LogP contribution in [-0.4, -0.2) is 32.1 Å². The Morgan fingerprint density at radius 3 is 2.38 bits per heavy atom. The highest BCUT2D eigenvalue weighted by atomic mass is 16.5. The standard InChI is InChI=1S/C9H16O4/c1-7(8(11)12-3)5-9(2,6-10)13-4/h6-7H,5H2,1-4H3/t7-,9+/m1/s1. The van der Waals surface area contributed by atoms with Crippen LogP contribution in [0.25, 0.3) is 0 Å². The summed E-state index contributed by atoms with van der Waals surface area (Å²) in [7, 11) is 2.77. The van der Waals surface area contributed by atoms with E-state index in [2.05, 4.69) is 4.74 Å². The summed E-state index contributed by atoms with van der Waals surface area (Å²) < 4.78 is 9.51. The Morgan fingerprint density at radius 1 is 1.54 bits per heavy atom. The molecule has 2 atom stereocenters. The molecule has 4 nitrogen and oxygen atoms in total. The SMILES string of the molecule is COC(=O)[C@H](C)C[C@@](C)(C=O)OC. The van der Waals surface area contributed by atoms with E-state index >= 15 is 0 Å². The third-order valence-corrected chi connectivity index (χ3v) is 2.03. The number of methoxy groups -OCH3 is 2. The van der Waals surface area contributed by atoms with E-state index in [9.17, 15) is 9.59 Å². The van der Waals surface area contributed by atoms with Crippen molar-refractivity contribution in [3.8, 4) is 0 Å². The van der Waals surface area contributed by atoms with Crippen LogP contribution in [0.15, 0.2) is 0 Å². The summed E-state index contributed by atoms with van der Waals surface area (Å²) in [5, 5.41) is 0. The topological polar surface area (TPSA) is 52.6 Å². The van der Waals surface area contributed by atoms with E-state index in [0.29, 0.717) is 12.7 Å². The normalized spacial score (nSPS) is 17.2. The highest BCUT2D eigenvalue weighted by molar-refractivity contribution is 5.73. The third kappa shape index (κ3) is 3.55. The first-order chi connectivity index (χ1) is 5.99. The van der Waals surface area contributed by atoms with Gasteiger partial charge in [-0.1, -0.05) is 6.92 Å². The van der Waals surface area contributed by atoms with Gasteiger partial charge in [-0.2, -0.15) is 0 Å². The number of hydrogen-bond acceptors (Lipinski definition) is 4. The monoisotopic (exact) mass is 188 g/mol. The van der Waals surface area contributed by atoms with Crippen molar-refractivity contribution in [1.82, 2.24) is 0 Å². The fourth-order valence-electron chi connectivity index (χ4n) is 1.07.